The quantitative estimate of drug-likeness (QED) is 0.756. The van der Waals surface area contributed by atoms with Crippen LogP contribution in [-0.4, -0.2) is 18.2 Å². The standard InChI is InChI=1S/C16H16F3NO2/c1-12-9-14(16(17,18)19)15(10-20-12)22-8-7-21-11-13-5-3-2-4-6-13/h2-6,9-10H,7-8,11H2,1H3. The van der Waals surface area contributed by atoms with Gasteiger partial charge in [0.1, 0.15) is 17.9 Å². The summed E-state index contributed by atoms with van der Waals surface area (Å²) >= 11 is 0. The SMILES string of the molecule is Cc1cc(C(F)(F)F)c(OCCOCc2ccccc2)cn1. The molecule has 6 heteroatoms. The minimum absolute atomic E-state index is 0.0284. The van der Waals surface area contributed by atoms with E-state index in [4.69, 9.17) is 9.47 Å². The van der Waals surface area contributed by atoms with Crippen molar-refractivity contribution in [3.05, 3.63) is 59.4 Å². The van der Waals surface area contributed by atoms with E-state index >= 15 is 0 Å². The number of halogens is 3. The maximum absolute atomic E-state index is 12.9. The van der Waals surface area contributed by atoms with Crippen LogP contribution in [0.15, 0.2) is 42.6 Å². The molecule has 0 saturated heterocycles. The van der Waals surface area contributed by atoms with Crippen LogP contribution in [-0.2, 0) is 17.5 Å². The van der Waals surface area contributed by atoms with Crippen LogP contribution in [0.3, 0.4) is 0 Å². The second-order valence-electron chi connectivity index (χ2n) is 4.71. The van der Waals surface area contributed by atoms with Gasteiger partial charge in [0, 0.05) is 5.69 Å². The number of nitrogens with zero attached hydrogens (tertiary/aromatic N) is 1. The van der Waals surface area contributed by atoms with Crippen molar-refractivity contribution in [2.75, 3.05) is 13.2 Å². The first kappa shape index (κ1) is 16.3. The highest BCUT2D eigenvalue weighted by atomic mass is 19.4. The summed E-state index contributed by atoms with van der Waals surface area (Å²) in [6.45, 7) is 2.12. The van der Waals surface area contributed by atoms with Crippen LogP contribution in [0.2, 0.25) is 0 Å². The number of benzene rings is 1. The van der Waals surface area contributed by atoms with Crippen LogP contribution in [0.1, 0.15) is 16.8 Å². The molecule has 1 aromatic carbocycles. The normalized spacial score (nSPS) is 11.5. The summed E-state index contributed by atoms with van der Waals surface area (Å²) in [5, 5.41) is 0. The molecule has 1 aromatic heterocycles. The van der Waals surface area contributed by atoms with Crippen LogP contribution in [0, 0.1) is 6.92 Å². The highest BCUT2D eigenvalue weighted by Crippen LogP contribution is 2.36. The number of alkyl halides is 3. The van der Waals surface area contributed by atoms with E-state index in [-0.39, 0.29) is 19.0 Å². The van der Waals surface area contributed by atoms with Gasteiger partial charge in [-0.05, 0) is 18.6 Å². The molecule has 0 N–H and O–H groups in total. The van der Waals surface area contributed by atoms with Gasteiger partial charge in [0.2, 0.25) is 0 Å². The number of hydrogen-bond acceptors (Lipinski definition) is 3. The van der Waals surface area contributed by atoms with E-state index in [0.29, 0.717) is 12.3 Å². The van der Waals surface area contributed by atoms with Gasteiger partial charge in [-0.1, -0.05) is 30.3 Å². The maximum atomic E-state index is 12.9. The fraction of sp³-hybridized carbons (Fsp3) is 0.312. The summed E-state index contributed by atoms with van der Waals surface area (Å²) < 4.78 is 49.2. The lowest BCUT2D eigenvalue weighted by molar-refractivity contribution is -0.139. The van der Waals surface area contributed by atoms with Gasteiger partial charge in [-0.2, -0.15) is 13.2 Å². The first-order valence-corrected chi connectivity index (χ1v) is 6.75. The molecule has 0 spiro atoms. The molecular formula is C16H16F3NO2. The van der Waals surface area contributed by atoms with E-state index in [0.717, 1.165) is 17.8 Å². The van der Waals surface area contributed by atoms with Crippen molar-refractivity contribution in [2.45, 2.75) is 19.7 Å². The van der Waals surface area contributed by atoms with Crippen LogP contribution in [0.5, 0.6) is 5.75 Å². The van der Waals surface area contributed by atoms with Crippen LogP contribution in [0.4, 0.5) is 13.2 Å². The monoisotopic (exact) mass is 311 g/mol. The fourth-order valence-electron chi connectivity index (χ4n) is 1.86. The Balaban J connectivity index is 1.84. The molecule has 0 aliphatic carbocycles. The third-order valence-corrected chi connectivity index (χ3v) is 2.91. The van der Waals surface area contributed by atoms with E-state index in [1.807, 2.05) is 30.3 Å². The van der Waals surface area contributed by atoms with Gasteiger partial charge in [0.15, 0.2) is 0 Å². The van der Waals surface area contributed by atoms with E-state index in [9.17, 15) is 13.2 Å². The van der Waals surface area contributed by atoms with Crippen LogP contribution < -0.4 is 4.74 Å². The molecule has 0 unspecified atom stereocenters. The predicted octanol–water partition coefficient (Wildman–Crippen LogP) is 4.00. The minimum Gasteiger partial charge on any atom is -0.489 e. The van der Waals surface area contributed by atoms with E-state index < -0.39 is 11.7 Å². The number of aryl methyl sites for hydroxylation is 1. The number of ether oxygens (including phenoxy) is 2. The van der Waals surface area contributed by atoms with Crippen LogP contribution in [0.25, 0.3) is 0 Å². The molecule has 0 aliphatic heterocycles. The molecule has 0 fully saturated rings. The molecule has 2 rings (SSSR count). The Morgan fingerprint density at radius 2 is 1.82 bits per heavy atom. The largest absolute Gasteiger partial charge is 0.489 e. The average molecular weight is 311 g/mol. The van der Waals surface area contributed by atoms with Crippen molar-refractivity contribution >= 4 is 0 Å². The fourth-order valence-corrected chi connectivity index (χ4v) is 1.86. The van der Waals surface area contributed by atoms with Gasteiger partial charge in [0.25, 0.3) is 0 Å². The average Bonchev–Trinajstić information content (AvgIpc) is 2.48. The number of pyridine rings is 1. The van der Waals surface area contributed by atoms with E-state index in [1.54, 1.807) is 0 Å². The van der Waals surface area contributed by atoms with Gasteiger partial charge >= 0.3 is 6.18 Å². The van der Waals surface area contributed by atoms with Gasteiger partial charge < -0.3 is 9.47 Å². The highest BCUT2D eigenvalue weighted by molar-refractivity contribution is 5.34. The third kappa shape index (κ3) is 4.73. The molecule has 0 bridgehead atoms. The van der Waals surface area contributed by atoms with Crippen molar-refractivity contribution in [1.29, 1.82) is 0 Å². The minimum atomic E-state index is -4.46. The Kier molecular flexibility index (Phi) is 5.38. The number of hydrogen-bond donors (Lipinski definition) is 0. The summed E-state index contributed by atoms with van der Waals surface area (Å²) in [6.07, 6.45) is -3.37. The number of aromatic nitrogens is 1. The topological polar surface area (TPSA) is 31.4 Å². The second-order valence-corrected chi connectivity index (χ2v) is 4.71. The Morgan fingerprint density at radius 1 is 1.09 bits per heavy atom. The van der Waals surface area contributed by atoms with Crippen LogP contribution >= 0.6 is 0 Å². The smallest absolute Gasteiger partial charge is 0.420 e. The van der Waals surface area contributed by atoms with Crippen molar-refractivity contribution in [3.63, 3.8) is 0 Å². The molecule has 0 aliphatic rings. The molecular weight excluding hydrogens is 295 g/mol. The third-order valence-electron chi connectivity index (χ3n) is 2.91. The predicted molar refractivity (Wildman–Crippen MR) is 75.6 cm³/mol. The first-order valence-electron chi connectivity index (χ1n) is 6.75. The van der Waals surface area contributed by atoms with E-state index in [1.165, 1.54) is 6.92 Å². The number of rotatable bonds is 6. The molecule has 3 nitrogen and oxygen atoms in total. The lowest BCUT2D eigenvalue weighted by Gasteiger charge is -2.14. The molecule has 22 heavy (non-hydrogen) atoms. The molecule has 0 atom stereocenters. The lowest BCUT2D eigenvalue weighted by Crippen LogP contribution is -2.13. The summed E-state index contributed by atoms with van der Waals surface area (Å²) in [5.41, 5.74) is 0.471. The molecule has 0 radical (unpaired) electrons. The summed E-state index contributed by atoms with van der Waals surface area (Å²) in [6, 6.07) is 10.5. The Morgan fingerprint density at radius 3 is 2.50 bits per heavy atom. The van der Waals surface area contributed by atoms with Crippen molar-refractivity contribution in [1.82, 2.24) is 4.98 Å². The Hall–Kier alpha value is -2.08. The first-order chi connectivity index (χ1) is 10.5. The van der Waals surface area contributed by atoms with E-state index in [2.05, 4.69) is 4.98 Å². The van der Waals surface area contributed by atoms with Crippen molar-refractivity contribution in [3.8, 4) is 5.75 Å². The molecule has 2 aromatic rings. The van der Waals surface area contributed by atoms with Gasteiger partial charge in [0.05, 0.1) is 19.4 Å². The second kappa shape index (κ2) is 7.26. The van der Waals surface area contributed by atoms with Crippen molar-refractivity contribution in [2.24, 2.45) is 0 Å². The molecule has 1 heterocycles. The van der Waals surface area contributed by atoms with Crippen molar-refractivity contribution < 1.29 is 22.6 Å². The van der Waals surface area contributed by atoms with Gasteiger partial charge in [-0.3, -0.25) is 4.98 Å². The summed E-state index contributed by atoms with van der Waals surface area (Å²) in [5.74, 6) is -0.276. The highest BCUT2D eigenvalue weighted by Gasteiger charge is 2.34. The van der Waals surface area contributed by atoms with Gasteiger partial charge in [-0.25, -0.2) is 0 Å². The zero-order valence-electron chi connectivity index (χ0n) is 12.1. The zero-order chi connectivity index (χ0) is 16.0. The molecule has 118 valence electrons. The lowest BCUT2D eigenvalue weighted by atomic mass is 10.2. The summed E-state index contributed by atoms with van der Waals surface area (Å²) in [7, 11) is 0. The molecule has 0 saturated carbocycles. The Labute approximate surface area is 126 Å². The van der Waals surface area contributed by atoms with Gasteiger partial charge in [-0.15, -0.1) is 0 Å². The Bertz CT molecular complexity index is 600. The maximum Gasteiger partial charge on any atom is 0.420 e. The summed E-state index contributed by atoms with van der Waals surface area (Å²) in [4.78, 5) is 3.83. The zero-order valence-corrected chi connectivity index (χ0v) is 12.1. The molecule has 0 amide bonds.